The van der Waals surface area contributed by atoms with Crippen molar-refractivity contribution in [3.8, 4) is 0 Å². The topological polar surface area (TPSA) is 36.5 Å². The maximum Gasteiger partial charge on any atom is 0.0826 e. The second-order valence-electron chi connectivity index (χ2n) is 5.20. The predicted octanol–water partition coefficient (Wildman–Crippen LogP) is 0.542. The molecule has 0 bridgehead atoms. The molecular formula is C13H29N3O. The molecule has 0 spiro atoms. The van der Waals surface area contributed by atoms with Crippen molar-refractivity contribution in [2.75, 3.05) is 52.4 Å². The number of nitrogens with zero attached hydrogens (tertiary/aromatic N) is 1. The van der Waals surface area contributed by atoms with Gasteiger partial charge in [0, 0.05) is 32.7 Å². The van der Waals surface area contributed by atoms with Crippen molar-refractivity contribution in [3.63, 3.8) is 0 Å². The van der Waals surface area contributed by atoms with E-state index in [1.807, 2.05) is 0 Å². The summed E-state index contributed by atoms with van der Waals surface area (Å²) in [6.07, 6.45) is 0.365. The van der Waals surface area contributed by atoms with Crippen LogP contribution in [0.15, 0.2) is 0 Å². The summed E-state index contributed by atoms with van der Waals surface area (Å²) in [6, 6.07) is 0. The fourth-order valence-electron chi connectivity index (χ4n) is 2.05. The van der Waals surface area contributed by atoms with Crippen LogP contribution in [0.3, 0.4) is 0 Å². The largest absolute Gasteiger partial charge is 0.374 e. The summed E-state index contributed by atoms with van der Waals surface area (Å²) in [5.41, 5.74) is 0. The maximum absolute atomic E-state index is 5.77. The second-order valence-corrected chi connectivity index (χ2v) is 5.20. The molecule has 4 heteroatoms. The fraction of sp³-hybridized carbons (Fsp3) is 1.00. The van der Waals surface area contributed by atoms with Crippen LogP contribution in [0.1, 0.15) is 20.8 Å². The lowest BCUT2D eigenvalue weighted by atomic mass is 10.2. The zero-order valence-corrected chi connectivity index (χ0v) is 11.7. The summed E-state index contributed by atoms with van der Waals surface area (Å²) in [5.74, 6) is 0.712. The molecule has 1 rings (SSSR count). The molecule has 102 valence electrons. The minimum atomic E-state index is 0.365. The zero-order valence-electron chi connectivity index (χ0n) is 11.7. The molecule has 0 radical (unpaired) electrons. The second kappa shape index (κ2) is 8.86. The van der Waals surface area contributed by atoms with Crippen molar-refractivity contribution in [2.24, 2.45) is 5.92 Å². The molecule has 0 aromatic heterocycles. The molecule has 17 heavy (non-hydrogen) atoms. The Balaban J connectivity index is 2.10. The molecule has 1 fully saturated rings. The molecular weight excluding hydrogens is 214 g/mol. The van der Waals surface area contributed by atoms with E-state index in [1.54, 1.807) is 0 Å². The number of hydrogen-bond acceptors (Lipinski definition) is 4. The summed E-state index contributed by atoms with van der Waals surface area (Å²) in [7, 11) is 0. The maximum atomic E-state index is 5.77. The van der Waals surface area contributed by atoms with Gasteiger partial charge >= 0.3 is 0 Å². The number of morpholine rings is 1. The van der Waals surface area contributed by atoms with Gasteiger partial charge in [0.05, 0.1) is 12.7 Å². The fourth-order valence-corrected chi connectivity index (χ4v) is 2.05. The van der Waals surface area contributed by atoms with Crippen LogP contribution in [0.25, 0.3) is 0 Å². The van der Waals surface area contributed by atoms with Gasteiger partial charge < -0.3 is 15.4 Å². The Morgan fingerprint density at radius 1 is 1.35 bits per heavy atom. The smallest absolute Gasteiger partial charge is 0.0826 e. The molecule has 0 unspecified atom stereocenters. The standard InChI is InChI=1S/C13H29N3O/c1-4-14-5-6-16-7-8-17-13(11-16)10-15-9-12(2)3/h12-15H,4-11H2,1-3H3/t13-/m1/s1. The van der Waals surface area contributed by atoms with Gasteiger partial charge in [-0.1, -0.05) is 20.8 Å². The Bertz CT molecular complexity index is 188. The van der Waals surface area contributed by atoms with Gasteiger partial charge in [-0.15, -0.1) is 0 Å². The van der Waals surface area contributed by atoms with Gasteiger partial charge in [-0.05, 0) is 19.0 Å². The Morgan fingerprint density at radius 2 is 2.18 bits per heavy atom. The summed E-state index contributed by atoms with van der Waals surface area (Å²) < 4.78 is 5.77. The van der Waals surface area contributed by atoms with E-state index in [4.69, 9.17) is 4.74 Å². The average Bonchev–Trinajstić information content (AvgIpc) is 2.29. The highest BCUT2D eigenvalue weighted by molar-refractivity contribution is 4.74. The van der Waals surface area contributed by atoms with Gasteiger partial charge in [-0.2, -0.15) is 0 Å². The molecule has 1 atom stereocenters. The summed E-state index contributed by atoms with van der Waals surface area (Å²) >= 11 is 0. The average molecular weight is 243 g/mol. The number of ether oxygens (including phenoxy) is 1. The first-order chi connectivity index (χ1) is 8.22. The Kier molecular flexibility index (Phi) is 7.77. The lowest BCUT2D eigenvalue weighted by Crippen LogP contribution is -2.48. The van der Waals surface area contributed by atoms with E-state index in [9.17, 15) is 0 Å². The molecule has 2 N–H and O–H groups in total. The first-order valence-electron chi connectivity index (χ1n) is 6.97. The van der Waals surface area contributed by atoms with Crippen molar-refractivity contribution in [1.82, 2.24) is 15.5 Å². The molecule has 1 heterocycles. The molecule has 4 nitrogen and oxygen atoms in total. The van der Waals surface area contributed by atoms with E-state index in [-0.39, 0.29) is 0 Å². The van der Waals surface area contributed by atoms with Crippen molar-refractivity contribution >= 4 is 0 Å². The van der Waals surface area contributed by atoms with Crippen LogP contribution < -0.4 is 10.6 Å². The van der Waals surface area contributed by atoms with Gasteiger partial charge in [-0.25, -0.2) is 0 Å². The van der Waals surface area contributed by atoms with E-state index in [2.05, 4.69) is 36.3 Å². The van der Waals surface area contributed by atoms with E-state index >= 15 is 0 Å². The van der Waals surface area contributed by atoms with Gasteiger partial charge in [-0.3, -0.25) is 4.90 Å². The minimum Gasteiger partial charge on any atom is -0.374 e. The van der Waals surface area contributed by atoms with Crippen LogP contribution in [0.5, 0.6) is 0 Å². The van der Waals surface area contributed by atoms with Crippen molar-refractivity contribution in [3.05, 3.63) is 0 Å². The zero-order chi connectivity index (χ0) is 12.5. The molecule has 1 aliphatic heterocycles. The Hall–Kier alpha value is -0.160. The van der Waals surface area contributed by atoms with E-state index in [0.717, 1.165) is 52.4 Å². The van der Waals surface area contributed by atoms with Gasteiger partial charge in [0.25, 0.3) is 0 Å². The predicted molar refractivity (Wildman–Crippen MR) is 72.4 cm³/mol. The molecule has 0 amide bonds. The third kappa shape index (κ3) is 6.99. The Morgan fingerprint density at radius 3 is 2.88 bits per heavy atom. The molecule has 0 aromatic rings. The highest BCUT2D eigenvalue weighted by Gasteiger charge is 2.19. The third-order valence-electron chi connectivity index (χ3n) is 3.00. The number of nitrogens with one attached hydrogen (secondary N) is 2. The van der Waals surface area contributed by atoms with Crippen LogP contribution in [0.4, 0.5) is 0 Å². The highest BCUT2D eigenvalue weighted by atomic mass is 16.5. The van der Waals surface area contributed by atoms with Crippen LogP contribution in [-0.4, -0.2) is 63.4 Å². The molecule has 0 aromatic carbocycles. The molecule has 0 saturated carbocycles. The quantitative estimate of drug-likeness (QED) is 0.610. The monoisotopic (exact) mass is 243 g/mol. The van der Waals surface area contributed by atoms with Crippen molar-refractivity contribution in [1.29, 1.82) is 0 Å². The Labute approximate surface area is 106 Å². The van der Waals surface area contributed by atoms with Crippen LogP contribution >= 0.6 is 0 Å². The van der Waals surface area contributed by atoms with E-state index in [1.165, 1.54) is 0 Å². The van der Waals surface area contributed by atoms with Crippen molar-refractivity contribution in [2.45, 2.75) is 26.9 Å². The summed E-state index contributed by atoms with van der Waals surface area (Å²) in [5, 5.41) is 6.85. The number of rotatable bonds is 8. The minimum absolute atomic E-state index is 0.365. The lowest BCUT2D eigenvalue weighted by molar-refractivity contribution is -0.0266. The van der Waals surface area contributed by atoms with Crippen LogP contribution in [-0.2, 0) is 4.74 Å². The summed E-state index contributed by atoms with van der Waals surface area (Å²) in [6.45, 7) is 15.0. The van der Waals surface area contributed by atoms with Crippen LogP contribution in [0.2, 0.25) is 0 Å². The first-order valence-corrected chi connectivity index (χ1v) is 6.97. The first kappa shape index (κ1) is 14.9. The number of hydrogen-bond donors (Lipinski definition) is 2. The molecule has 0 aliphatic carbocycles. The van der Waals surface area contributed by atoms with Gasteiger partial charge in [0.2, 0.25) is 0 Å². The number of likely N-dealkylation sites (N-methyl/N-ethyl adjacent to an activating group) is 1. The van der Waals surface area contributed by atoms with E-state index < -0.39 is 0 Å². The lowest BCUT2D eigenvalue weighted by Gasteiger charge is -2.33. The van der Waals surface area contributed by atoms with E-state index in [0.29, 0.717) is 12.0 Å². The van der Waals surface area contributed by atoms with Crippen LogP contribution in [0, 0.1) is 5.92 Å². The van der Waals surface area contributed by atoms with Crippen molar-refractivity contribution < 1.29 is 4.74 Å². The van der Waals surface area contributed by atoms with Gasteiger partial charge in [0.15, 0.2) is 0 Å². The highest BCUT2D eigenvalue weighted by Crippen LogP contribution is 2.03. The molecule has 1 aliphatic rings. The summed E-state index contributed by atoms with van der Waals surface area (Å²) in [4.78, 5) is 2.49. The molecule has 1 saturated heterocycles. The van der Waals surface area contributed by atoms with Gasteiger partial charge in [0.1, 0.15) is 0 Å². The normalized spacial score (nSPS) is 22.2. The SMILES string of the molecule is CCNCCN1CCO[C@H](CNCC(C)C)C1. The third-order valence-corrected chi connectivity index (χ3v) is 3.00.